The second-order valence-electron chi connectivity index (χ2n) is 7.40. The first-order chi connectivity index (χ1) is 14.5. The predicted molar refractivity (Wildman–Crippen MR) is 115 cm³/mol. The van der Waals surface area contributed by atoms with Crippen molar-refractivity contribution in [2.45, 2.75) is 20.0 Å². The van der Waals surface area contributed by atoms with E-state index in [-0.39, 0.29) is 23.8 Å². The summed E-state index contributed by atoms with van der Waals surface area (Å²) >= 11 is 1.66. The van der Waals surface area contributed by atoms with Gasteiger partial charge in [0.2, 0.25) is 5.91 Å². The number of carbonyl (C=O) groups is 1. The quantitative estimate of drug-likeness (QED) is 0.630. The molecular formula is C22H23FN4O2S. The number of halogens is 1. The number of rotatable bonds is 5. The standard InChI is InChI=1S/C22H23FN4O2S/c1-16-5-8-21(28)27(24-16)15-22(29)26-11-9-25(10-12-26)14-19-6-7-20(30-19)17-3-2-4-18(23)13-17/h2-8,13H,9-12,14-15H2,1H3. The normalized spacial score (nSPS) is 14.8. The summed E-state index contributed by atoms with van der Waals surface area (Å²) in [6.07, 6.45) is 0. The molecule has 1 aromatic carbocycles. The highest BCUT2D eigenvalue weighted by Gasteiger charge is 2.22. The Hall–Kier alpha value is -2.84. The van der Waals surface area contributed by atoms with E-state index in [9.17, 15) is 14.0 Å². The van der Waals surface area contributed by atoms with Gasteiger partial charge in [0.25, 0.3) is 5.56 Å². The zero-order valence-corrected chi connectivity index (χ0v) is 17.6. The highest BCUT2D eigenvalue weighted by atomic mass is 32.1. The van der Waals surface area contributed by atoms with Crippen molar-refractivity contribution < 1.29 is 9.18 Å². The first kappa shape index (κ1) is 20.4. The van der Waals surface area contributed by atoms with Gasteiger partial charge >= 0.3 is 0 Å². The van der Waals surface area contributed by atoms with E-state index >= 15 is 0 Å². The minimum atomic E-state index is -0.264. The maximum absolute atomic E-state index is 13.5. The Balaban J connectivity index is 1.31. The van der Waals surface area contributed by atoms with Crippen LogP contribution >= 0.6 is 11.3 Å². The Morgan fingerprint density at radius 2 is 1.90 bits per heavy atom. The van der Waals surface area contributed by atoms with Crippen LogP contribution < -0.4 is 5.56 Å². The molecule has 3 aromatic rings. The third-order valence-corrected chi connectivity index (χ3v) is 6.28. The van der Waals surface area contributed by atoms with Crippen molar-refractivity contribution in [1.29, 1.82) is 0 Å². The van der Waals surface area contributed by atoms with Crippen molar-refractivity contribution in [2.24, 2.45) is 0 Å². The van der Waals surface area contributed by atoms with Crippen molar-refractivity contribution >= 4 is 17.2 Å². The van der Waals surface area contributed by atoms with Gasteiger partial charge < -0.3 is 4.90 Å². The van der Waals surface area contributed by atoms with E-state index in [1.165, 1.54) is 21.7 Å². The zero-order chi connectivity index (χ0) is 21.1. The molecule has 3 heterocycles. The molecule has 30 heavy (non-hydrogen) atoms. The number of aryl methyl sites for hydroxylation is 1. The summed E-state index contributed by atoms with van der Waals surface area (Å²) in [7, 11) is 0. The van der Waals surface area contributed by atoms with E-state index in [1.54, 1.807) is 41.4 Å². The molecule has 0 saturated carbocycles. The third-order valence-electron chi connectivity index (χ3n) is 5.16. The van der Waals surface area contributed by atoms with Crippen molar-refractivity contribution in [1.82, 2.24) is 19.6 Å². The van der Waals surface area contributed by atoms with Crippen molar-refractivity contribution in [3.8, 4) is 10.4 Å². The van der Waals surface area contributed by atoms with Gasteiger partial charge in [0.1, 0.15) is 12.4 Å². The van der Waals surface area contributed by atoms with Gasteiger partial charge in [-0.25, -0.2) is 9.07 Å². The molecule has 0 unspecified atom stereocenters. The van der Waals surface area contributed by atoms with E-state index < -0.39 is 0 Å². The Morgan fingerprint density at radius 3 is 2.67 bits per heavy atom. The predicted octanol–water partition coefficient (Wildman–Crippen LogP) is 2.76. The van der Waals surface area contributed by atoms with Gasteiger partial charge in [-0.15, -0.1) is 11.3 Å². The molecule has 1 saturated heterocycles. The summed E-state index contributed by atoms with van der Waals surface area (Å²) < 4.78 is 14.7. The summed E-state index contributed by atoms with van der Waals surface area (Å²) in [6, 6.07) is 13.8. The molecule has 2 aromatic heterocycles. The second-order valence-corrected chi connectivity index (χ2v) is 8.57. The van der Waals surface area contributed by atoms with Crippen LogP contribution in [-0.2, 0) is 17.9 Å². The molecule has 156 valence electrons. The molecular weight excluding hydrogens is 403 g/mol. The Bertz CT molecular complexity index is 1100. The number of hydrogen-bond donors (Lipinski definition) is 0. The number of nitrogens with zero attached hydrogens (tertiary/aromatic N) is 4. The van der Waals surface area contributed by atoms with Crippen LogP contribution in [0.15, 0.2) is 53.3 Å². The van der Waals surface area contributed by atoms with Crippen molar-refractivity contribution in [3.05, 3.63) is 75.3 Å². The topological polar surface area (TPSA) is 58.4 Å². The van der Waals surface area contributed by atoms with Gasteiger partial charge in [0.05, 0.1) is 5.69 Å². The van der Waals surface area contributed by atoms with E-state index in [0.717, 1.165) is 30.1 Å². The maximum atomic E-state index is 13.5. The SMILES string of the molecule is Cc1ccc(=O)n(CC(=O)N2CCN(Cc3ccc(-c4cccc(F)c4)s3)CC2)n1. The smallest absolute Gasteiger partial charge is 0.267 e. The molecule has 1 aliphatic rings. The molecule has 6 nitrogen and oxygen atoms in total. The zero-order valence-electron chi connectivity index (χ0n) is 16.8. The Kier molecular flexibility index (Phi) is 6.06. The molecule has 0 atom stereocenters. The number of carbonyl (C=O) groups excluding carboxylic acids is 1. The molecule has 4 rings (SSSR count). The number of benzene rings is 1. The fourth-order valence-electron chi connectivity index (χ4n) is 3.53. The molecule has 0 spiro atoms. The fourth-order valence-corrected chi connectivity index (χ4v) is 4.57. The lowest BCUT2D eigenvalue weighted by Crippen LogP contribution is -2.49. The monoisotopic (exact) mass is 426 g/mol. The third kappa shape index (κ3) is 4.83. The van der Waals surface area contributed by atoms with Gasteiger partial charge in [-0.1, -0.05) is 12.1 Å². The average molecular weight is 427 g/mol. The Morgan fingerprint density at radius 1 is 1.10 bits per heavy atom. The number of amides is 1. The maximum Gasteiger partial charge on any atom is 0.267 e. The molecule has 0 bridgehead atoms. The lowest BCUT2D eigenvalue weighted by Gasteiger charge is -2.34. The molecule has 0 radical (unpaired) electrons. The molecule has 0 aliphatic carbocycles. The number of aromatic nitrogens is 2. The highest BCUT2D eigenvalue weighted by molar-refractivity contribution is 7.15. The van der Waals surface area contributed by atoms with Gasteiger partial charge in [-0.3, -0.25) is 14.5 Å². The van der Waals surface area contributed by atoms with Crippen LogP contribution in [0.3, 0.4) is 0 Å². The van der Waals surface area contributed by atoms with Gasteiger partial charge in [0.15, 0.2) is 0 Å². The van der Waals surface area contributed by atoms with Crippen LogP contribution in [0, 0.1) is 12.7 Å². The summed E-state index contributed by atoms with van der Waals surface area (Å²) in [4.78, 5) is 30.8. The largest absolute Gasteiger partial charge is 0.339 e. The van der Waals surface area contributed by atoms with Gasteiger partial charge in [-0.05, 0) is 42.8 Å². The molecule has 0 N–H and O–H groups in total. The number of thiophene rings is 1. The molecule has 8 heteroatoms. The summed E-state index contributed by atoms with van der Waals surface area (Å²) in [5, 5.41) is 4.14. The minimum Gasteiger partial charge on any atom is -0.339 e. The second kappa shape index (κ2) is 8.89. The Labute approximate surface area is 178 Å². The van der Waals surface area contributed by atoms with Gasteiger partial charge in [-0.2, -0.15) is 5.10 Å². The van der Waals surface area contributed by atoms with Crippen LogP contribution in [0.2, 0.25) is 0 Å². The average Bonchev–Trinajstić information content (AvgIpc) is 3.20. The molecule has 1 aliphatic heterocycles. The first-order valence-corrected chi connectivity index (χ1v) is 10.7. The highest BCUT2D eigenvalue weighted by Crippen LogP contribution is 2.29. The van der Waals surface area contributed by atoms with Crippen molar-refractivity contribution in [2.75, 3.05) is 26.2 Å². The van der Waals surface area contributed by atoms with E-state index in [0.29, 0.717) is 18.8 Å². The fraction of sp³-hybridized carbons (Fsp3) is 0.318. The minimum absolute atomic E-state index is 0.0254. The van der Waals surface area contributed by atoms with E-state index in [1.807, 2.05) is 12.1 Å². The first-order valence-electron chi connectivity index (χ1n) is 9.87. The lowest BCUT2D eigenvalue weighted by molar-refractivity contribution is -0.133. The van der Waals surface area contributed by atoms with E-state index in [4.69, 9.17) is 0 Å². The molecule has 1 fully saturated rings. The van der Waals surface area contributed by atoms with Crippen molar-refractivity contribution in [3.63, 3.8) is 0 Å². The molecule has 1 amide bonds. The number of hydrogen-bond acceptors (Lipinski definition) is 5. The number of piperazine rings is 1. The summed E-state index contributed by atoms with van der Waals surface area (Å²) in [6.45, 7) is 5.38. The van der Waals surface area contributed by atoms with Crippen LogP contribution in [-0.4, -0.2) is 51.7 Å². The van der Waals surface area contributed by atoms with E-state index in [2.05, 4.69) is 16.1 Å². The van der Waals surface area contributed by atoms with Crippen LogP contribution in [0.4, 0.5) is 4.39 Å². The van der Waals surface area contributed by atoms with Gasteiger partial charge in [0, 0.05) is 48.5 Å². The van der Waals surface area contributed by atoms with Crippen LogP contribution in [0.5, 0.6) is 0 Å². The summed E-state index contributed by atoms with van der Waals surface area (Å²) in [5.74, 6) is -0.314. The van der Waals surface area contributed by atoms with Crippen LogP contribution in [0.1, 0.15) is 10.6 Å². The lowest BCUT2D eigenvalue weighted by atomic mass is 10.2. The summed E-state index contributed by atoms with van der Waals surface area (Å²) in [5.41, 5.74) is 1.34. The van der Waals surface area contributed by atoms with Crippen LogP contribution in [0.25, 0.3) is 10.4 Å².